The van der Waals surface area contributed by atoms with Gasteiger partial charge in [-0.25, -0.2) is 19.6 Å². The minimum atomic E-state index is -0.608. The Hall–Kier alpha value is -1.46. The molecule has 1 fully saturated rings. The Bertz CT molecular complexity index is 383. The lowest BCUT2D eigenvalue weighted by atomic mass is 9.93. The predicted molar refractivity (Wildman–Crippen MR) is 84.2 cm³/mol. The minimum absolute atomic E-state index is 0.284. The average Bonchev–Trinajstić information content (AvgIpc) is 2.27. The van der Waals surface area contributed by atoms with E-state index in [1.807, 2.05) is 0 Å². The first-order chi connectivity index (χ1) is 9.80. The van der Waals surface area contributed by atoms with Crippen LogP contribution in [0.15, 0.2) is 0 Å². The zero-order chi connectivity index (χ0) is 17.3. The number of nitrogens with zero attached hydrogens (tertiary/aromatic N) is 2. The summed E-state index contributed by atoms with van der Waals surface area (Å²) in [7, 11) is 0. The van der Waals surface area contributed by atoms with Crippen molar-refractivity contribution in [2.24, 2.45) is 11.8 Å². The molecule has 6 heteroatoms. The zero-order valence-corrected chi connectivity index (χ0v) is 15.1. The van der Waals surface area contributed by atoms with Gasteiger partial charge in [-0.05, 0) is 53.4 Å². The van der Waals surface area contributed by atoms with Crippen molar-refractivity contribution in [1.82, 2.24) is 10.0 Å². The number of hydrogen-bond donors (Lipinski definition) is 0. The Labute approximate surface area is 133 Å². The molecule has 2 atom stereocenters. The first-order valence-corrected chi connectivity index (χ1v) is 7.81. The fourth-order valence-electron chi connectivity index (χ4n) is 2.08. The Morgan fingerprint density at radius 3 is 1.27 bits per heavy atom. The van der Waals surface area contributed by atoms with Gasteiger partial charge in [0, 0.05) is 13.1 Å². The molecule has 0 aliphatic carbocycles. The third-order valence-electron chi connectivity index (χ3n) is 3.39. The van der Waals surface area contributed by atoms with Crippen LogP contribution >= 0.6 is 0 Å². The standard InChI is InChI=1S/C16H30N2O4/c1-11-9-17(13(19)21-15(3,4)5)18(10-12(11)2)14(20)22-16(6,7)8/h11-12H,9-10H2,1-8H3. The Morgan fingerprint density at radius 1 is 0.773 bits per heavy atom. The highest BCUT2D eigenvalue weighted by Crippen LogP contribution is 2.25. The number of hydrazine groups is 1. The molecular weight excluding hydrogens is 284 g/mol. The number of carbonyl (C=O) groups excluding carboxylic acids is 2. The topological polar surface area (TPSA) is 59.1 Å². The van der Waals surface area contributed by atoms with Crippen LogP contribution in [0, 0.1) is 11.8 Å². The van der Waals surface area contributed by atoms with Gasteiger partial charge in [0.15, 0.2) is 0 Å². The van der Waals surface area contributed by atoms with Crippen LogP contribution in [0.2, 0.25) is 0 Å². The van der Waals surface area contributed by atoms with Gasteiger partial charge in [-0.15, -0.1) is 0 Å². The van der Waals surface area contributed by atoms with Crippen LogP contribution in [0.3, 0.4) is 0 Å². The van der Waals surface area contributed by atoms with E-state index in [-0.39, 0.29) is 11.8 Å². The summed E-state index contributed by atoms with van der Waals surface area (Å²) in [4.78, 5) is 24.8. The van der Waals surface area contributed by atoms with E-state index in [4.69, 9.17) is 9.47 Å². The van der Waals surface area contributed by atoms with E-state index >= 15 is 0 Å². The minimum Gasteiger partial charge on any atom is -0.442 e. The molecule has 0 aromatic heterocycles. The van der Waals surface area contributed by atoms with Gasteiger partial charge >= 0.3 is 12.2 Å². The van der Waals surface area contributed by atoms with E-state index in [1.54, 1.807) is 41.5 Å². The maximum absolute atomic E-state index is 12.4. The monoisotopic (exact) mass is 314 g/mol. The van der Waals surface area contributed by atoms with E-state index in [9.17, 15) is 9.59 Å². The second-order valence-corrected chi connectivity index (χ2v) is 8.08. The molecule has 0 aromatic carbocycles. The van der Waals surface area contributed by atoms with Crippen molar-refractivity contribution in [3.05, 3.63) is 0 Å². The van der Waals surface area contributed by atoms with Crippen LogP contribution in [0.4, 0.5) is 9.59 Å². The summed E-state index contributed by atoms with van der Waals surface area (Å²) in [6, 6.07) is 0. The number of hydrogen-bond acceptors (Lipinski definition) is 4. The van der Waals surface area contributed by atoms with Gasteiger partial charge in [-0.2, -0.15) is 0 Å². The molecular formula is C16H30N2O4. The van der Waals surface area contributed by atoms with Crippen LogP contribution in [-0.2, 0) is 9.47 Å². The predicted octanol–water partition coefficient (Wildman–Crippen LogP) is 3.66. The Kier molecular flexibility index (Phi) is 5.36. The maximum Gasteiger partial charge on any atom is 0.429 e. The first kappa shape index (κ1) is 18.6. The fraction of sp³-hybridized carbons (Fsp3) is 0.875. The fourth-order valence-corrected chi connectivity index (χ4v) is 2.08. The zero-order valence-electron chi connectivity index (χ0n) is 15.1. The molecule has 0 bridgehead atoms. The number of carbonyl (C=O) groups is 2. The second kappa shape index (κ2) is 6.34. The van der Waals surface area contributed by atoms with Gasteiger partial charge in [0.05, 0.1) is 0 Å². The van der Waals surface area contributed by atoms with Gasteiger partial charge in [0.1, 0.15) is 11.2 Å². The molecule has 128 valence electrons. The van der Waals surface area contributed by atoms with Gasteiger partial charge < -0.3 is 9.47 Å². The average molecular weight is 314 g/mol. The van der Waals surface area contributed by atoms with Crippen molar-refractivity contribution in [3.8, 4) is 0 Å². The molecule has 1 heterocycles. The molecule has 0 spiro atoms. The van der Waals surface area contributed by atoms with Crippen molar-refractivity contribution in [2.75, 3.05) is 13.1 Å². The second-order valence-electron chi connectivity index (χ2n) is 8.08. The van der Waals surface area contributed by atoms with E-state index in [2.05, 4.69) is 13.8 Å². The van der Waals surface area contributed by atoms with E-state index in [0.29, 0.717) is 13.1 Å². The van der Waals surface area contributed by atoms with Gasteiger partial charge in [0.2, 0.25) is 0 Å². The van der Waals surface area contributed by atoms with Gasteiger partial charge in [-0.3, -0.25) is 0 Å². The molecule has 0 aromatic rings. The van der Waals surface area contributed by atoms with E-state index < -0.39 is 23.4 Å². The highest BCUT2D eigenvalue weighted by atomic mass is 16.6. The largest absolute Gasteiger partial charge is 0.442 e. The van der Waals surface area contributed by atoms with Crippen molar-refractivity contribution in [3.63, 3.8) is 0 Å². The van der Waals surface area contributed by atoms with Crippen molar-refractivity contribution in [1.29, 1.82) is 0 Å². The normalized spacial score (nSPS) is 23.3. The molecule has 0 radical (unpaired) electrons. The summed E-state index contributed by atoms with van der Waals surface area (Å²) in [6.07, 6.45) is -1.03. The third kappa shape index (κ3) is 5.39. The molecule has 0 N–H and O–H groups in total. The summed E-state index contributed by atoms with van der Waals surface area (Å²) < 4.78 is 10.8. The summed E-state index contributed by atoms with van der Waals surface area (Å²) >= 11 is 0. The SMILES string of the molecule is CC1CN(C(=O)OC(C)(C)C)N(C(=O)OC(C)(C)C)CC1C. The highest BCUT2D eigenvalue weighted by Gasteiger charge is 2.39. The molecule has 1 aliphatic rings. The molecule has 2 unspecified atom stereocenters. The lowest BCUT2D eigenvalue weighted by Gasteiger charge is -2.44. The van der Waals surface area contributed by atoms with E-state index in [1.165, 1.54) is 10.0 Å². The van der Waals surface area contributed by atoms with Crippen molar-refractivity contribution < 1.29 is 19.1 Å². The lowest BCUT2D eigenvalue weighted by Crippen LogP contribution is -2.59. The molecule has 1 saturated heterocycles. The molecule has 1 aliphatic heterocycles. The van der Waals surface area contributed by atoms with Crippen LogP contribution in [0.1, 0.15) is 55.4 Å². The highest BCUT2D eigenvalue weighted by molar-refractivity contribution is 5.75. The third-order valence-corrected chi connectivity index (χ3v) is 3.39. The number of rotatable bonds is 0. The number of amides is 2. The summed E-state index contributed by atoms with van der Waals surface area (Å²) in [5.41, 5.74) is -1.22. The van der Waals surface area contributed by atoms with Crippen molar-refractivity contribution >= 4 is 12.2 Å². The summed E-state index contributed by atoms with van der Waals surface area (Å²) in [6.45, 7) is 15.8. The number of ether oxygens (including phenoxy) is 2. The van der Waals surface area contributed by atoms with Crippen LogP contribution < -0.4 is 0 Å². The van der Waals surface area contributed by atoms with Crippen molar-refractivity contribution in [2.45, 2.75) is 66.6 Å². The van der Waals surface area contributed by atoms with Gasteiger partial charge in [-0.1, -0.05) is 13.8 Å². The van der Waals surface area contributed by atoms with Crippen LogP contribution in [0.5, 0.6) is 0 Å². The maximum atomic E-state index is 12.4. The molecule has 2 amide bonds. The summed E-state index contributed by atoms with van der Waals surface area (Å²) in [5.74, 6) is 0.567. The quantitative estimate of drug-likeness (QED) is 0.684. The molecule has 0 saturated carbocycles. The van der Waals surface area contributed by atoms with E-state index in [0.717, 1.165) is 0 Å². The molecule has 6 nitrogen and oxygen atoms in total. The van der Waals surface area contributed by atoms with Crippen LogP contribution in [0.25, 0.3) is 0 Å². The molecule has 22 heavy (non-hydrogen) atoms. The summed E-state index contributed by atoms with van der Waals surface area (Å²) in [5, 5.41) is 2.73. The lowest BCUT2D eigenvalue weighted by molar-refractivity contribution is -0.0934. The first-order valence-electron chi connectivity index (χ1n) is 7.81. The Balaban J connectivity index is 2.93. The van der Waals surface area contributed by atoms with Gasteiger partial charge in [0.25, 0.3) is 0 Å². The Morgan fingerprint density at radius 2 is 1.05 bits per heavy atom. The smallest absolute Gasteiger partial charge is 0.429 e. The molecule has 1 rings (SSSR count). The van der Waals surface area contributed by atoms with Crippen LogP contribution in [-0.4, -0.2) is 46.5 Å².